The second-order valence-electron chi connectivity index (χ2n) is 4.81. The number of aliphatic carboxylic acids is 1. The molecule has 0 heterocycles. The van der Waals surface area contributed by atoms with E-state index in [0.717, 1.165) is 10.0 Å². The van der Waals surface area contributed by atoms with Crippen molar-refractivity contribution in [2.24, 2.45) is 5.73 Å². The van der Waals surface area contributed by atoms with E-state index in [2.05, 4.69) is 36.7 Å². The maximum atomic E-state index is 10.8. The predicted molar refractivity (Wildman–Crippen MR) is 67.4 cm³/mol. The molecule has 0 aliphatic heterocycles. The molecule has 1 unspecified atom stereocenters. The topological polar surface area (TPSA) is 63.3 Å². The van der Waals surface area contributed by atoms with Gasteiger partial charge in [0.25, 0.3) is 0 Å². The number of hydrogen-bond donors (Lipinski definition) is 2. The molecule has 0 saturated carbocycles. The number of benzene rings is 1. The molecule has 0 bridgehead atoms. The van der Waals surface area contributed by atoms with Gasteiger partial charge >= 0.3 is 5.97 Å². The molecular weight excluding hydrogens is 270 g/mol. The van der Waals surface area contributed by atoms with Gasteiger partial charge in [0.1, 0.15) is 6.04 Å². The monoisotopic (exact) mass is 285 g/mol. The number of nitrogens with two attached hydrogens (primary N) is 1. The number of carboxylic acid groups (broad SMARTS) is 1. The third kappa shape index (κ3) is 2.83. The van der Waals surface area contributed by atoms with E-state index in [1.54, 1.807) is 12.1 Å². The van der Waals surface area contributed by atoms with Crippen LogP contribution in [0.25, 0.3) is 0 Å². The summed E-state index contributed by atoms with van der Waals surface area (Å²) >= 11 is 3.45. The Morgan fingerprint density at radius 2 is 2.00 bits per heavy atom. The molecule has 0 radical (unpaired) electrons. The van der Waals surface area contributed by atoms with Gasteiger partial charge < -0.3 is 10.8 Å². The summed E-state index contributed by atoms with van der Waals surface area (Å²) in [5, 5.41) is 8.82. The van der Waals surface area contributed by atoms with Crippen LogP contribution in [0.15, 0.2) is 22.7 Å². The number of carbonyl (C=O) groups is 1. The molecule has 3 N–H and O–H groups in total. The summed E-state index contributed by atoms with van der Waals surface area (Å²) in [4.78, 5) is 10.8. The van der Waals surface area contributed by atoms with Crippen LogP contribution < -0.4 is 5.73 Å². The van der Waals surface area contributed by atoms with E-state index in [0.29, 0.717) is 5.56 Å². The van der Waals surface area contributed by atoms with Crippen LogP contribution in [0.4, 0.5) is 0 Å². The minimum Gasteiger partial charge on any atom is -0.480 e. The molecule has 1 atom stereocenters. The fourth-order valence-corrected chi connectivity index (χ4v) is 2.47. The zero-order valence-corrected chi connectivity index (χ0v) is 11.2. The van der Waals surface area contributed by atoms with Crippen LogP contribution >= 0.6 is 15.9 Å². The molecule has 0 amide bonds. The fraction of sp³-hybridized carbons (Fsp3) is 0.417. The second kappa shape index (κ2) is 4.55. The van der Waals surface area contributed by atoms with Crippen LogP contribution in [-0.2, 0) is 10.2 Å². The molecule has 1 rings (SSSR count). The van der Waals surface area contributed by atoms with Crippen molar-refractivity contribution in [3.8, 4) is 0 Å². The minimum atomic E-state index is -1.02. The predicted octanol–water partition coefficient (Wildman–Crippen LogP) is 2.83. The van der Waals surface area contributed by atoms with Gasteiger partial charge in [-0.05, 0) is 22.6 Å². The first kappa shape index (κ1) is 13.2. The van der Waals surface area contributed by atoms with E-state index >= 15 is 0 Å². The molecule has 0 aliphatic rings. The van der Waals surface area contributed by atoms with Crippen molar-refractivity contribution >= 4 is 21.9 Å². The van der Waals surface area contributed by atoms with Crippen molar-refractivity contribution in [2.45, 2.75) is 32.2 Å². The zero-order chi connectivity index (χ0) is 12.5. The van der Waals surface area contributed by atoms with E-state index in [-0.39, 0.29) is 5.41 Å². The van der Waals surface area contributed by atoms with Gasteiger partial charge in [-0.25, -0.2) is 0 Å². The van der Waals surface area contributed by atoms with Gasteiger partial charge in [0, 0.05) is 4.47 Å². The highest BCUT2D eigenvalue weighted by atomic mass is 79.9. The highest BCUT2D eigenvalue weighted by Gasteiger charge is 2.20. The number of carboxylic acids is 1. The molecule has 4 heteroatoms. The average molecular weight is 286 g/mol. The summed E-state index contributed by atoms with van der Waals surface area (Å²) in [6, 6.07) is 4.50. The first-order valence-electron chi connectivity index (χ1n) is 5.02. The second-order valence-corrected chi connectivity index (χ2v) is 5.66. The smallest absolute Gasteiger partial charge is 0.325 e. The SMILES string of the molecule is CC(C)(C)c1ccc(C(N)C(=O)O)cc1Br. The first-order chi connectivity index (χ1) is 7.23. The summed E-state index contributed by atoms with van der Waals surface area (Å²) in [6.45, 7) is 6.30. The summed E-state index contributed by atoms with van der Waals surface area (Å²) in [5.74, 6) is -1.02. The molecule has 88 valence electrons. The van der Waals surface area contributed by atoms with Crippen molar-refractivity contribution in [1.29, 1.82) is 0 Å². The highest BCUT2D eigenvalue weighted by Crippen LogP contribution is 2.31. The van der Waals surface area contributed by atoms with E-state index < -0.39 is 12.0 Å². The largest absolute Gasteiger partial charge is 0.480 e. The zero-order valence-electron chi connectivity index (χ0n) is 9.62. The Hall–Kier alpha value is -0.870. The number of rotatable bonds is 2. The third-order valence-corrected chi connectivity index (χ3v) is 3.08. The van der Waals surface area contributed by atoms with Gasteiger partial charge in [-0.15, -0.1) is 0 Å². The molecule has 3 nitrogen and oxygen atoms in total. The van der Waals surface area contributed by atoms with E-state index in [4.69, 9.17) is 10.8 Å². The number of halogens is 1. The van der Waals surface area contributed by atoms with Crippen molar-refractivity contribution in [1.82, 2.24) is 0 Å². The molecular formula is C12H16BrNO2. The summed E-state index contributed by atoms with van der Waals surface area (Å²) < 4.78 is 0.897. The van der Waals surface area contributed by atoms with Crippen LogP contribution in [0, 0.1) is 0 Å². The molecule has 0 fully saturated rings. The minimum absolute atomic E-state index is 0.0185. The van der Waals surface area contributed by atoms with Gasteiger partial charge in [0.15, 0.2) is 0 Å². The quantitative estimate of drug-likeness (QED) is 0.878. The molecule has 16 heavy (non-hydrogen) atoms. The van der Waals surface area contributed by atoms with Gasteiger partial charge in [-0.1, -0.05) is 48.8 Å². The van der Waals surface area contributed by atoms with Gasteiger partial charge in [-0.3, -0.25) is 4.79 Å². The Morgan fingerprint density at radius 3 is 2.38 bits per heavy atom. The maximum Gasteiger partial charge on any atom is 0.325 e. The van der Waals surface area contributed by atoms with Gasteiger partial charge in [0.05, 0.1) is 0 Å². The maximum absolute atomic E-state index is 10.8. The molecule has 0 saturated heterocycles. The van der Waals surface area contributed by atoms with E-state index in [1.165, 1.54) is 0 Å². The standard InChI is InChI=1S/C12H16BrNO2/c1-12(2,3)8-5-4-7(6-9(8)13)10(14)11(15)16/h4-6,10H,14H2,1-3H3,(H,15,16). The van der Waals surface area contributed by atoms with Crippen molar-refractivity contribution < 1.29 is 9.90 Å². The molecule has 0 aliphatic carbocycles. The lowest BCUT2D eigenvalue weighted by Crippen LogP contribution is -2.21. The van der Waals surface area contributed by atoms with Crippen molar-refractivity contribution in [3.05, 3.63) is 33.8 Å². The average Bonchev–Trinajstić information content (AvgIpc) is 2.14. The van der Waals surface area contributed by atoms with E-state index in [9.17, 15) is 4.79 Å². The van der Waals surface area contributed by atoms with Crippen LogP contribution in [0.1, 0.15) is 37.9 Å². The molecule has 0 aromatic heterocycles. The Kier molecular flexibility index (Phi) is 3.76. The lowest BCUT2D eigenvalue weighted by molar-refractivity contribution is -0.138. The lowest BCUT2D eigenvalue weighted by Gasteiger charge is -2.21. The van der Waals surface area contributed by atoms with E-state index in [1.807, 2.05) is 6.07 Å². The number of hydrogen-bond acceptors (Lipinski definition) is 2. The Bertz CT molecular complexity index is 410. The Balaban J connectivity index is 3.14. The van der Waals surface area contributed by atoms with Crippen LogP contribution in [0.2, 0.25) is 0 Å². The molecule has 1 aromatic carbocycles. The summed E-state index contributed by atoms with van der Waals surface area (Å²) in [7, 11) is 0. The summed E-state index contributed by atoms with van der Waals surface area (Å²) in [6.07, 6.45) is 0. The Labute approximate surface area is 104 Å². The molecule has 0 spiro atoms. The van der Waals surface area contributed by atoms with Crippen LogP contribution in [-0.4, -0.2) is 11.1 Å². The van der Waals surface area contributed by atoms with Gasteiger partial charge in [-0.2, -0.15) is 0 Å². The first-order valence-corrected chi connectivity index (χ1v) is 5.81. The van der Waals surface area contributed by atoms with Crippen LogP contribution in [0.3, 0.4) is 0 Å². The Morgan fingerprint density at radius 1 is 1.44 bits per heavy atom. The van der Waals surface area contributed by atoms with Gasteiger partial charge in [0.2, 0.25) is 0 Å². The summed E-state index contributed by atoms with van der Waals surface area (Å²) in [5.41, 5.74) is 7.30. The molecule has 1 aromatic rings. The van der Waals surface area contributed by atoms with Crippen molar-refractivity contribution in [3.63, 3.8) is 0 Å². The fourth-order valence-electron chi connectivity index (χ4n) is 1.48. The van der Waals surface area contributed by atoms with Crippen LogP contribution in [0.5, 0.6) is 0 Å². The third-order valence-electron chi connectivity index (χ3n) is 2.43. The van der Waals surface area contributed by atoms with Crippen molar-refractivity contribution in [2.75, 3.05) is 0 Å². The lowest BCUT2D eigenvalue weighted by atomic mass is 9.86. The normalized spacial score (nSPS) is 13.6. The highest BCUT2D eigenvalue weighted by molar-refractivity contribution is 9.10.